The van der Waals surface area contributed by atoms with Crippen LogP contribution in [-0.4, -0.2) is 55.0 Å². The minimum Gasteiger partial charge on any atom is -0.335 e. The zero-order chi connectivity index (χ0) is 14.3. The predicted molar refractivity (Wildman–Crippen MR) is 78.5 cm³/mol. The Morgan fingerprint density at radius 1 is 1.25 bits per heavy atom. The van der Waals surface area contributed by atoms with Gasteiger partial charge in [0, 0.05) is 26.2 Å². The maximum atomic E-state index is 12.3. The Hall–Kier alpha value is -0.920. The van der Waals surface area contributed by atoms with E-state index in [1.54, 1.807) is 9.21 Å². The van der Waals surface area contributed by atoms with Crippen molar-refractivity contribution in [1.29, 1.82) is 0 Å². The van der Waals surface area contributed by atoms with Gasteiger partial charge in [0.1, 0.15) is 0 Å². The van der Waals surface area contributed by atoms with Crippen molar-refractivity contribution in [2.75, 3.05) is 26.2 Å². The molecular formula is C13H18N2O3S2. The number of carbonyl (C=O) groups excluding carboxylic acids is 1. The highest BCUT2D eigenvalue weighted by molar-refractivity contribution is 7.90. The van der Waals surface area contributed by atoms with Crippen LogP contribution in [0.2, 0.25) is 0 Å². The lowest BCUT2D eigenvalue weighted by molar-refractivity contribution is 0.0702. The Bertz CT molecular complexity index is 611. The Kier molecular flexibility index (Phi) is 3.60. The molecule has 1 aliphatic carbocycles. The molecule has 0 unspecified atom stereocenters. The average molecular weight is 314 g/mol. The van der Waals surface area contributed by atoms with Gasteiger partial charge in [-0.3, -0.25) is 4.79 Å². The Labute approximate surface area is 123 Å². The quantitative estimate of drug-likeness (QED) is 0.845. The van der Waals surface area contributed by atoms with Gasteiger partial charge in [-0.2, -0.15) is 4.31 Å². The SMILES string of the molecule is Cc1csc(C(=O)N2CCN(S(=O)(=O)C3CC3)CC2)c1. The summed E-state index contributed by atoms with van der Waals surface area (Å²) in [4.78, 5) is 14.8. The van der Waals surface area contributed by atoms with Crippen LogP contribution >= 0.6 is 11.3 Å². The van der Waals surface area contributed by atoms with Crippen LogP contribution in [0.3, 0.4) is 0 Å². The third-order valence-electron chi connectivity index (χ3n) is 3.77. The number of nitrogens with zero attached hydrogens (tertiary/aromatic N) is 2. The van der Waals surface area contributed by atoms with Crippen LogP contribution < -0.4 is 0 Å². The van der Waals surface area contributed by atoms with Crippen molar-refractivity contribution in [2.24, 2.45) is 0 Å². The predicted octanol–water partition coefficient (Wildman–Crippen LogP) is 1.31. The first-order valence-corrected chi connectivity index (χ1v) is 9.20. The van der Waals surface area contributed by atoms with Gasteiger partial charge < -0.3 is 4.90 Å². The number of hydrogen-bond acceptors (Lipinski definition) is 4. The van der Waals surface area contributed by atoms with Gasteiger partial charge in [-0.25, -0.2) is 8.42 Å². The standard InChI is InChI=1S/C13H18N2O3S2/c1-10-8-12(19-9-10)13(16)14-4-6-15(7-5-14)20(17,18)11-2-3-11/h8-9,11H,2-7H2,1H3. The number of thiophene rings is 1. The summed E-state index contributed by atoms with van der Waals surface area (Å²) < 4.78 is 25.8. The topological polar surface area (TPSA) is 57.7 Å². The first-order valence-electron chi connectivity index (χ1n) is 6.82. The largest absolute Gasteiger partial charge is 0.335 e. The summed E-state index contributed by atoms with van der Waals surface area (Å²) in [5, 5.41) is 1.80. The van der Waals surface area contributed by atoms with E-state index in [1.807, 2.05) is 18.4 Å². The van der Waals surface area contributed by atoms with Gasteiger partial charge >= 0.3 is 0 Å². The Balaban J connectivity index is 1.62. The minimum atomic E-state index is -3.10. The van der Waals surface area contributed by atoms with Crippen LogP contribution in [0.1, 0.15) is 28.1 Å². The molecule has 0 N–H and O–H groups in total. The second-order valence-corrected chi connectivity index (χ2v) is 8.55. The molecule has 0 spiro atoms. The van der Waals surface area contributed by atoms with E-state index in [9.17, 15) is 13.2 Å². The summed E-state index contributed by atoms with van der Waals surface area (Å²) in [5.74, 6) is 0.0200. The molecule has 1 amide bonds. The van der Waals surface area contributed by atoms with E-state index in [4.69, 9.17) is 0 Å². The van der Waals surface area contributed by atoms with Gasteiger partial charge in [-0.05, 0) is 36.8 Å². The van der Waals surface area contributed by atoms with E-state index in [0.717, 1.165) is 23.3 Å². The molecule has 0 radical (unpaired) electrons. The van der Waals surface area contributed by atoms with E-state index < -0.39 is 10.0 Å². The van der Waals surface area contributed by atoms with Crippen molar-refractivity contribution in [3.63, 3.8) is 0 Å². The second kappa shape index (κ2) is 5.13. The molecule has 110 valence electrons. The van der Waals surface area contributed by atoms with Gasteiger partial charge in [0.25, 0.3) is 5.91 Å². The van der Waals surface area contributed by atoms with Gasteiger partial charge in [0.05, 0.1) is 10.1 Å². The number of aryl methyl sites for hydroxylation is 1. The fourth-order valence-electron chi connectivity index (χ4n) is 2.42. The third kappa shape index (κ3) is 2.62. The maximum absolute atomic E-state index is 12.3. The number of sulfonamides is 1. The van der Waals surface area contributed by atoms with Gasteiger partial charge in [0.15, 0.2) is 0 Å². The lowest BCUT2D eigenvalue weighted by Crippen LogP contribution is -2.51. The summed E-state index contributed by atoms with van der Waals surface area (Å²) in [7, 11) is -3.10. The number of carbonyl (C=O) groups is 1. The smallest absolute Gasteiger partial charge is 0.264 e. The van der Waals surface area contributed by atoms with E-state index in [0.29, 0.717) is 26.2 Å². The van der Waals surface area contributed by atoms with Crippen LogP contribution in [0.15, 0.2) is 11.4 Å². The molecule has 7 heteroatoms. The maximum Gasteiger partial charge on any atom is 0.264 e. The fourth-order valence-corrected chi connectivity index (χ4v) is 5.11. The van der Waals surface area contributed by atoms with Crippen molar-refractivity contribution >= 4 is 27.3 Å². The summed E-state index contributed by atoms with van der Waals surface area (Å²) in [6.07, 6.45) is 1.58. The second-order valence-electron chi connectivity index (χ2n) is 5.42. The van der Waals surface area contributed by atoms with E-state index in [2.05, 4.69) is 0 Å². The van der Waals surface area contributed by atoms with Gasteiger partial charge in [-0.1, -0.05) is 0 Å². The molecule has 2 heterocycles. The molecule has 2 aliphatic rings. The van der Waals surface area contributed by atoms with Crippen LogP contribution in [0.5, 0.6) is 0 Å². The van der Waals surface area contributed by atoms with Crippen molar-refractivity contribution in [3.05, 3.63) is 21.9 Å². The highest BCUT2D eigenvalue weighted by Crippen LogP contribution is 2.31. The zero-order valence-corrected chi connectivity index (χ0v) is 13.0. The van der Waals surface area contributed by atoms with Crippen LogP contribution in [0, 0.1) is 6.92 Å². The minimum absolute atomic E-state index is 0.0200. The monoisotopic (exact) mass is 314 g/mol. The van der Waals surface area contributed by atoms with Gasteiger partial charge in [-0.15, -0.1) is 11.3 Å². The molecule has 1 aliphatic heterocycles. The summed E-state index contributed by atoms with van der Waals surface area (Å²) in [6, 6.07) is 1.89. The van der Waals surface area contributed by atoms with E-state index in [-0.39, 0.29) is 11.2 Å². The van der Waals surface area contributed by atoms with Crippen LogP contribution in [0.25, 0.3) is 0 Å². The summed E-state index contributed by atoms with van der Waals surface area (Å²) in [6.45, 7) is 3.79. The number of amides is 1. The van der Waals surface area contributed by atoms with Gasteiger partial charge in [0.2, 0.25) is 10.0 Å². The van der Waals surface area contributed by atoms with Crippen LogP contribution in [0.4, 0.5) is 0 Å². The highest BCUT2D eigenvalue weighted by atomic mass is 32.2. The molecule has 0 bridgehead atoms. The summed E-state index contributed by atoms with van der Waals surface area (Å²) >= 11 is 1.45. The molecule has 1 saturated heterocycles. The van der Waals surface area contributed by atoms with Crippen molar-refractivity contribution in [2.45, 2.75) is 25.0 Å². The molecule has 0 atom stereocenters. The molecule has 20 heavy (non-hydrogen) atoms. The van der Waals surface area contributed by atoms with Crippen LogP contribution in [-0.2, 0) is 10.0 Å². The van der Waals surface area contributed by atoms with Crippen molar-refractivity contribution < 1.29 is 13.2 Å². The molecule has 0 aromatic carbocycles. The summed E-state index contributed by atoms with van der Waals surface area (Å²) in [5.41, 5.74) is 1.09. The average Bonchev–Trinajstić information content (AvgIpc) is 3.21. The molecule has 5 nitrogen and oxygen atoms in total. The zero-order valence-electron chi connectivity index (χ0n) is 11.4. The lowest BCUT2D eigenvalue weighted by Gasteiger charge is -2.33. The Morgan fingerprint density at radius 2 is 1.90 bits per heavy atom. The lowest BCUT2D eigenvalue weighted by atomic mass is 10.3. The van der Waals surface area contributed by atoms with Crippen molar-refractivity contribution in [1.82, 2.24) is 9.21 Å². The number of piperazine rings is 1. The number of hydrogen-bond donors (Lipinski definition) is 0. The number of rotatable bonds is 3. The fraction of sp³-hybridized carbons (Fsp3) is 0.615. The Morgan fingerprint density at radius 3 is 2.40 bits per heavy atom. The molecule has 1 aromatic heterocycles. The third-order valence-corrected chi connectivity index (χ3v) is 7.21. The van der Waals surface area contributed by atoms with E-state index in [1.165, 1.54) is 11.3 Å². The first kappa shape index (κ1) is 14.0. The molecule has 2 fully saturated rings. The molecule has 3 rings (SSSR count). The highest BCUT2D eigenvalue weighted by Gasteiger charge is 2.41. The normalized spacial score (nSPS) is 21.1. The molecule has 1 saturated carbocycles. The molecular weight excluding hydrogens is 296 g/mol. The molecule has 1 aromatic rings. The van der Waals surface area contributed by atoms with E-state index >= 15 is 0 Å². The van der Waals surface area contributed by atoms with Crippen molar-refractivity contribution in [3.8, 4) is 0 Å². The first-order chi connectivity index (χ1) is 9.48.